The van der Waals surface area contributed by atoms with Crippen molar-refractivity contribution in [3.8, 4) is 17.2 Å². The smallest absolute Gasteiger partial charge is 0.497 e. The summed E-state index contributed by atoms with van der Waals surface area (Å²) in [6, 6.07) is 20.4. The van der Waals surface area contributed by atoms with Gasteiger partial charge < -0.3 is 19.6 Å². The van der Waals surface area contributed by atoms with Gasteiger partial charge in [0.25, 0.3) is 0 Å². The molecule has 0 saturated heterocycles. The molecule has 16 heteroatoms. The summed E-state index contributed by atoms with van der Waals surface area (Å²) in [6.45, 7) is 0. The van der Waals surface area contributed by atoms with E-state index in [1.54, 1.807) is 50.5 Å². The number of hydrogen-bond acceptors (Lipinski definition) is 9. The minimum Gasteiger partial charge on any atom is -0.497 e. The van der Waals surface area contributed by atoms with Crippen LogP contribution in [-0.2, 0) is 28.2 Å². The molecule has 0 radical (unpaired) electrons. The van der Waals surface area contributed by atoms with Crippen molar-refractivity contribution in [3.63, 3.8) is 0 Å². The van der Waals surface area contributed by atoms with Crippen LogP contribution >= 0.6 is 21.7 Å². The first-order chi connectivity index (χ1) is 19.0. The molecule has 0 bridgehead atoms. The molecule has 0 saturated carbocycles. The third-order valence-corrected chi connectivity index (χ3v) is 9.77. The van der Waals surface area contributed by atoms with Gasteiger partial charge in [0, 0.05) is 0 Å². The van der Waals surface area contributed by atoms with Crippen LogP contribution in [0, 0.1) is 0 Å². The van der Waals surface area contributed by atoms with E-state index in [1.165, 1.54) is 29.0 Å². The summed E-state index contributed by atoms with van der Waals surface area (Å²) in [5.74, 6) is -0.150. The zero-order valence-electron chi connectivity index (χ0n) is 21.6. The average molecular weight is 641 g/mol. The van der Waals surface area contributed by atoms with Crippen LogP contribution in [0.3, 0.4) is 0 Å². The predicted octanol–water partition coefficient (Wildman–Crippen LogP) is 5.10. The number of nitrogens with zero attached hydrogens (tertiary/aromatic N) is 4. The van der Waals surface area contributed by atoms with Gasteiger partial charge in [-0.05, 0) is 77.4 Å². The topological polar surface area (TPSA) is 137 Å². The number of aliphatic hydroxyl groups excluding tert-OH is 1. The number of methoxy groups -OCH3 is 1. The van der Waals surface area contributed by atoms with Crippen LogP contribution in [0.1, 0.15) is 22.5 Å². The zero-order chi connectivity index (χ0) is 29.3. The lowest BCUT2D eigenvalue weighted by molar-refractivity contribution is 0.205. The van der Waals surface area contributed by atoms with Crippen LogP contribution in [0.25, 0.3) is 0 Å². The molecule has 11 nitrogen and oxygen atoms in total. The molecule has 0 aliphatic rings. The van der Waals surface area contributed by atoms with E-state index in [-0.39, 0.29) is 5.56 Å². The summed E-state index contributed by atoms with van der Waals surface area (Å²) in [5.41, 5.74) is 1.78. The molecule has 40 heavy (non-hydrogen) atoms. The van der Waals surface area contributed by atoms with E-state index in [1.807, 2.05) is 36.4 Å². The number of ether oxygens (including phenoxy) is 1. The van der Waals surface area contributed by atoms with Gasteiger partial charge in [0.1, 0.15) is 5.75 Å². The van der Waals surface area contributed by atoms with E-state index in [0.29, 0.717) is 11.5 Å². The highest BCUT2D eigenvalue weighted by molar-refractivity contribution is 8.02. The molecule has 210 valence electrons. The van der Waals surface area contributed by atoms with Crippen molar-refractivity contribution in [2.45, 2.75) is 5.85 Å². The molecular formula is C24H27N4O7P3S2+2. The maximum Gasteiger partial charge on any atom is 0.540 e. The molecule has 3 N–H and O–H groups in total. The first-order valence-electron chi connectivity index (χ1n) is 11.4. The van der Waals surface area contributed by atoms with Crippen molar-refractivity contribution >= 4 is 57.8 Å². The highest BCUT2D eigenvalue weighted by Gasteiger charge is 2.28. The van der Waals surface area contributed by atoms with Crippen molar-refractivity contribution in [3.05, 3.63) is 89.5 Å². The van der Waals surface area contributed by atoms with Crippen molar-refractivity contribution < 1.29 is 33.2 Å². The van der Waals surface area contributed by atoms with Crippen LogP contribution in [0.2, 0.25) is 0 Å². The average Bonchev–Trinajstić information content (AvgIpc) is 2.95. The van der Waals surface area contributed by atoms with Gasteiger partial charge in [0.15, 0.2) is 17.3 Å². The third-order valence-electron chi connectivity index (χ3n) is 5.08. The van der Waals surface area contributed by atoms with Gasteiger partial charge in [0.05, 0.1) is 33.6 Å². The highest BCUT2D eigenvalue weighted by Crippen LogP contribution is 2.50. The fraction of sp³-hybridized carbons (Fsp3) is 0.167. The van der Waals surface area contributed by atoms with Crippen molar-refractivity contribution in [2.75, 3.05) is 21.2 Å². The van der Waals surface area contributed by atoms with Gasteiger partial charge in [-0.2, -0.15) is 0 Å². The van der Waals surface area contributed by atoms with Gasteiger partial charge in [-0.15, -0.1) is 10.2 Å². The Labute approximate surface area is 244 Å². The Hall–Kier alpha value is -2.85. The minimum absolute atomic E-state index is 0.0738. The van der Waals surface area contributed by atoms with Gasteiger partial charge in [0.2, 0.25) is 23.6 Å². The molecule has 0 heterocycles. The molecule has 0 aliphatic carbocycles. The molecule has 3 unspecified atom stereocenters. The normalized spacial score (nSPS) is 13.2. The molecule has 3 atom stereocenters. The van der Waals surface area contributed by atoms with Gasteiger partial charge in [-0.1, -0.05) is 21.7 Å². The van der Waals surface area contributed by atoms with Gasteiger partial charge in [-0.3, -0.25) is 13.6 Å². The summed E-state index contributed by atoms with van der Waals surface area (Å²) in [6.07, 6.45) is 3.32. The van der Waals surface area contributed by atoms with Gasteiger partial charge >= 0.3 is 21.7 Å². The van der Waals surface area contributed by atoms with Crippen LogP contribution < -0.4 is 13.8 Å². The standard InChI is InChI=1S/C24H25N4O7P3S2/c1-27(25-16-18-4-10-21(33-3)11-5-18)36(39)34-22-12-6-19(7-13-22)17-26-28(2)37(40)35-23-14-8-20(9-15-23)24(29)38(30,31)32/h4-17,24,29H,1-3H3/p+2/b25-16+,26-17+. The lowest BCUT2D eigenvalue weighted by Crippen LogP contribution is -2.04. The third kappa shape index (κ3) is 9.66. The molecule has 0 aromatic heterocycles. The lowest BCUT2D eigenvalue weighted by atomic mass is 10.2. The molecule has 0 fully saturated rings. The van der Waals surface area contributed by atoms with E-state index < -0.39 is 27.6 Å². The van der Waals surface area contributed by atoms with Crippen molar-refractivity contribution in [1.29, 1.82) is 0 Å². The fourth-order valence-electron chi connectivity index (χ4n) is 2.88. The van der Waals surface area contributed by atoms with Crippen molar-refractivity contribution in [1.82, 2.24) is 9.56 Å². The molecular weight excluding hydrogens is 613 g/mol. The Kier molecular flexibility index (Phi) is 11.6. The number of hydrazone groups is 2. The Morgan fingerprint density at radius 3 is 1.52 bits per heavy atom. The monoisotopic (exact) mass is 640 g/mol. The molecule has 3 aromatic rings. The second-order valence-corrected chi connectivity index (χ2v) is 14.0. The van der Waals surface area contributed by atoms with Crippen LogP contribution in [0.15, 0.2) is 83.0 Å². The Bertz CT molecular complexity index is 1420. The summed E-state index contributed by atoms with van der Waals surface area (Å²) < 4.78 is 31.0. The van der Waals surface area contributed by atoms with Crippen LogP contribution in [0.5, 0.6) is 17.2 Å². The van der Waals surface area contributed by atoms with E-state index in [0.717, 1.165) is 16.9 Å². The number of benzene rings is 3. The molecule has 0 spiro atoms. The maximum atomic E-state index is 11.2. The summed E-state index contributed by atoms with van der Waals surface area (Å²) >= 11 is 10.9. The molecule has 0 amide bonds. The number of hydrogen-bond donors (Lipinski definition) is 3. The number of aliphatic hydroxyl groups is 1. The minimum atomic E-state index is -4.66. The maximum absolute atomic E-state index is 11.2. The zero-order valence-corrected chi connectivity index (χ0v) is 25.9. The van der Waals surface area contributed by atoms with E-state index in [2.05, 4.69) is 10.2 Å². The molecule has 3 rings (SSSR count). The van der Waals surface area contributed by atoms with E-state index >= 15 is 0 Å². The van der Waals surface area contributed by atoms with Crippen molar-refractivity contribution in [2.24, 2.45) is 10.2 Å². The van der Waals surface area contributed by atoms with Crippen LogP contribution in [-0.4, -0.2) is 58.1 Å². The Morgan fingerprint density at radius 1 is 0.775 bits per heavy atom. The summed E-state index contributed by atoms with van der Waals surface area (Å²) in [7, 11) is -2.61. The summed E-state index contributed by atoms with van der Waals surface area (Å²) in [5, 5.41) is 18.4. The first-order valence-corrected chi connectivity index (χ1v) is 17.5. The first kappa shape index (κ1) is 31.7. The predicted molar refractivity (Wildman–Crippen MR) is 163 cm³/mol. The second-order valence-electron chi connectivity index (χ2n) is 8.00. The molecule has 0 aliphatic heterocycles. The van der Waals surface area contributed by atoms with E-state index in [4.69, 9.17) is 47.2 Å². The van der Waals surface area contributed by atoms with E-state index in [9.17, 15) is 9.67 Å². The summed E-state index contributed by atoms with van der Waals surface area (Å²) in [4.78, 5) is 18.2. The Balaban J connectivity index is 1.50. The van der Waals surface area contributed by atoms with Gasteiger partial charge in [-0.25, -0.2) is 0 Å². The number of rotatable bonds is 13. The fourth-order valence-corrected chi connectivity index (χ4v) is 5.33. The Morgan fingerprint density at radius 2 is 1.15 bits per heavy atom. The largest absolute Gasteiger partial charge is 0.540 e. The lowest BCUT2D eigenvalue weighted by Gasteiger charge is -2.12. The quantitative estimate of drug-likeness (QED) is 0.131. The highest BCUT2D eigenvalue weighted by atomic mass is 32.4. The second kappa shape index (κ2) is 14.7. The molecule has 3 aromatic carbocycles. The van der Waals surface area contributed by atoms with Crippen LogP contribution in [0.4, 0.5) is 0 Å². The SMILES string of the molecule is COc1ccc(/C=N/N(C)[P+](=S)Oc2ccc(/C=N/N(C)[P+](=S)Oc3ccc(C(O)P(=O)(O)O)cc3)cc2)cc1.